The third kappa shape index (κ3) is 3.27. The lowest BCUT2D eigenvalue weighted by atomic mass is 9.88. The third-order valence-corrected chi connectivity index (χ3v) is 4.45. The molecule has 3 rings (SSSR count). The van der Waals surface area contributed by atoms with Crippen LogP contribution in [-0.2, 0) is 4.79 Å². The molecule has 0 bridgehead atoms. The number of carbonyl (C=O) groups is 1. The molecule has 0 radical (unpaired) electrons. The molecule has 2 aromatic carbocycles. The number of likely N-dealkylation sites (tertiary alicyclic amines) is 1. The highest BCUT2D eigenvalue weighted by molar-refractivity contribution is 5.80. The second-order valence-electron chi connectivity index (χ2n) is 6.06. The highest BCUT2D eigenvalue weighted by Gasteiger charge is 2.41. The van der Waals surface area contributed by atoms with Crippen LogP contribution >= 0.6 is 0 Å². The zero-order valence-corrected chi connectivity index (χ0v) is 13.5. The Balaban J connectivity index is 1.86. The van der Waals surface area contributed by atoms with Crippen LogP contribution in [0.4, 0.5) is 5.69 Å². The number of benzene rings is 2. The van der Waals surface area contributed by atoms with E-state index in [1.54, 1.807) is 24.1 Å². The van der Waals surface area contributed by atoms with Crippen LogP contribution in [0.3, 0.4) is 0 Å². The van der Waals surface area contributed by atoms with Gasteiger partial charge in [0.2, 0.25) is 5.91 Å². The van der Waals surface area contributed by atoms with Gasteiger partial charge >= 0.3 is 0 Å². The number of aliphatic hydroxyl groups excluding tert-OH is 1. The molecule has 1 amide bonds. The second kappa shape index (κ2) is 6.77. The summed E-state index contributed by atoms with van der Waals surface area (Å²) in [5.74, 6) is 5.79. The lowest BCUT2D eigenvalue weighted by Gasteiger charge is -2.27. The minimum atomic E-state index is -0.923. The van der Waals surface area contributed by atoms with E-state index in [2.05, 4.69) is 11.8 Å². The number of rotatable bonds is 2. The van der Waals surface area contributed by atoms with Gasteiger partial charge in [0.25, 0.3) is 0 Å². The van der Waals surface area contributed by atoms with Crippen LogP contribution in [0.15, 0.2) is 54.6 Å². The quantitative estimate of drug-likeness (QED) is 0.657. The first-order valence-electron chi connectivity index (χ1n) is 7.92. The van der Waals surface area contributed by atoms with Gasteiger partial charge in [-0.2, -0.15) is 0 Å². The zero-order valence-electron chi connectivity index (χ0n) is 13.5. The summed E-state index contributed by atoms with van der Waals surface area (Å²) in [6, 6.07) is 16.7. The monoisotopic (exact) mass is 320 g/mol. The number of hydrogen-bond donors (Lipinski definition) is 2. The van der Waals surface area contributed by atoms with E-state index in [-0.39, 0.29) is 17.9 Å². The van der Waals surface area contributed by atoms with E-state index in [9.17, 15) is 9.90 Å². The number of carbonyl (C=O) groups excluding carboxylic acids is 1. The summed E-state index contributed by atoms with van der Waals surface area (Å²) in [5, 5.41) is 10.6. The molecule has 0 unspecified atom stereocenters. The number of likely N-dealkylation sites (N-methyl/N-ethyl adjacent to an activating group) is 1. The fourth-order valence-corrected chi connectivity index (χ4v) is 3.20. The summed E-state index contributed by atoms with van der Waals surface area (Å²) >= 11 is 0. The average Bonchev–Trinajstić information content (AvgIpc) is 2.89. The van der Waals surface area contributed by atoms with Crippen LogP contribution in [0, 0.1) is 11.8 Å². The van der Waals surface area contributed by atoms with Crippen LogP contribution in [0.25, 0.3) is 0 Å². The van der Waals surface area contributed by atoms with Gasteiger partial charge in [0, 0.05) is 30.6 Å². The summed E-state index contributed by atoms with van der Waals surface area (Å²) in [7, 11) is 1.72. The van der Waals surface area contributed by atoms with Gasteiger partial charge in [0.1, 0.15) is 6.10 Å². The largest absolute Gasteiger partial charge is 0.399 e. The number of aliphatic hydroxyl groups is 1. The Morgan fingerprint density at radius 1 is 1.21 bits per heavy atom. The normalized spacial score (nSPS) is 21.2. The Labute approximate surface area is 141 Å². The number of nitrogens with two attached hydrogens (primary N) is 1. The zero-order chi connectivity index (χ0) is 17.1. The topological polar surface area (TPSA) is 66.6 Å². The minimum Gasteiger partial charge on any atom is -0.399 e. The molecule has 24 heavy (non-hydrogen) atoms. The van der Waals surface area contributed by atoms with Crippen molar-refractivity contribution in [3.8, 4) is 11.8 Å². The van der Waals surface area contributed by atoms with E-state index in [0.717, 1.165) is 11.1 Å². The first-order valence-corrected chi connectivity index (χ1v) is 7.92. The van der Waals surface area contributed by atoms with Crippen molar-refractivity contribution >= 4 is 11.6 Å². The third-order valence-electron chi connectivity index (χ3n) is 4.45. The molecule has 1 aliphatic heterocycles. The molecule has 122 valence electrons. The summed E-state index contributed by atoms with van der Waals surface area (Å²) in [5.41, 5.74) is 8.17. The van der Waals surface area contributed by atoms with E-state index in [4.69, 9.17) is 5.73 Å². The van der Waals surface area contributed by atoms with E-state index in [1.165, 1.54) is 0 Å². The lowest BCUT2D eigenvalue weighted by Crippen LogP contribution is -2.40. The number of amides is 1. The van der Waals surface area contributed by atoms with Crippen molar-refractivity contribution in [1.29, 1.82) is 0 Å². The van der Waals surface area contributed by atoms with Gasteiger partial charge in [-0.15, -0.1) is 0 Å². The van der Waals surface area contributed by atoms with Crippen LogP contribution in [0.1, 0.15) is 23.5 Å². The Morgan fingerprint density at radius 2 is 1.96 bits per heavy atom. The van der Waals surface area contributed by atoms with Crippen LogP contribution in [-0.4, -0.2) is 35.1 Å². The van der Waals surface area contributed by atoms with E-state index < -0.39 is 6.10 Å². The highest BCUT2D eigenvalue weighted by atomic mass is 16.3. The number of anilines is 1. The molecule has 3 N–H and O–H groups in total. The molecule has 1 aliphatic rings. The van der Waals surface area contributed by atoms with Gasteiger partial charge in [0.05, 0.1) is 6.04 Å². The summed E-state index contributed by atoms with van der Waals surface area (Å²) in [6.07, 6.45) is -0.532. The molecular formula is C20H20N2O2. The highest BCUT2D eigenvalue weighted by Crippen LogP contribution is 2.35. The van der Waals surface area contributed by atoms with Crippen LogP contribution < -0.4 is 5.73 Å². The van der Waals surface area contributed by atoms with Gasteiger partial charge in [-0.1, -0.05) is 48.2 Å². The van der Waals surface area contributed by atoms with Crippen molar-refractivity contribution in [2.24, 2.45) is 0 Å². The molecular weight excluding hydrogens is 300 g/mol. The molecule has 0 saturated carbocycles. The maximum atomic E-state index is 12.1. The predicted octanol–water partition coefficient (Wildman–Crippen LogP) is 2.00. The molecule has 0 spiro atoms. The minimum absolute atomic E-state index is 0.0265. The van der Waals surface area contributed by atoms with E-state index in [0.29, 0.717) is 12.1 Å². The van der Waals surface area contributed by atoms with Crippen molar-refractivity contribution in [3.63, 3.8) is 0 Å². The Bertz CT molecular complexity index is 792. The predicted molar refractivity (Wildman–Crippen MR) is 94.1 cm³/mol. The van der Waals surface area contributed by atoms with Crippen molar-refractivity contribution in [1.82, 2.24) is 4.90 Å². The van der Waals surface area contributed by atoms with Gasteiger partial charge in [-0.3, -0.25) is 4.79 Å². The second-order valence-corrected chi connectivity index (χ2v) is 6.06. The fourth-order valence-electron chi connectivity index (χ4n) is 3.20. The van der Waals surface area contributed by atoms with Crippen molar-refractivity contribution in [3.05, 3.63) is 65.7 Å². The number of nitrogens with zero attached hydrogens (tertiary/aromatic N) is 1. The van der Waals surface area contributed by atoms with Crippen molar-refractivity contribution < 1.29 is 9.90 Å². The van der Waals surface area contributed by atoms with E-state index >= 15 is 0 Å². The first kappa shape index (κ1) is 16.1. The molecule has 3 atom stereocenters. The maximum Gasteiger partial charge on any atom is 0.223 e. The van der Waals surface area contributed by atoms with Crippen LogP contribution in [0.5, 0.6) is 0 Å². The van der Waals surface area contributed by atoms with E-state index in [1.807, 2.05) is 42.5 Å². The van der Waals surface area contributed by atoms with Crippen LogP contribution in [0.2, 0.25) is 0 Å². The molecule has 4 nitrogen and oxygen atoms in total. The SMILES string of the molecule is CN1C(=O)C[C@H](c2ccccc2)[C@@H]1[C@H](O)C#Cc1cccc(N)c1. The smallest absolute Gasteiger partial charge is 0.223 e. The standard InChI is InChI=1S/C20H20N2O2/c1-22-19(24)13-17(15-7-3-2-4-8-15)20(22)18(23)11-10-14-6-5-9-16(21)12-14/h2-9,12,17-18,20,23H,13,21H2,1H3/t17-,18-,20-/m1/s1. The Kier molecular flexibility index (Phi) is 4.54. The fraction of sp³-hybridized carbons (Fsp3) is 0.250. The molecule has 0 aliphatic carbocycles. The van der Waals surface area contributed by atoms with Crippen molar-refractivity contribution in [2.75, 3.05) is 12.8 Å². The first-order chi connectivity index (χ1) is 11.6. The summed E-state index contributed by atoms with van der Waals surface area (Å²) < 4.78 is 0. The molecule has 1 fully saturated rings. The molecule has 1 saturated heterocycles. The van der Waals surface area contributed by atoms with Gasteiger partial charge in [-0.25, -0.2) is 0 Å². The Morgan fingerprint density at radius 3 is 2.67 bits per heavy atom. The maximum absolute atomic E-state index is 12.1. The van der Waals surface area contributed by atoms with Gasteiger partial charge in [-0.05, 0) is 23.8 Å². The summed E-state index contributed by atoms with van der Waals surface area (Å²) in [4.78, 5) is 13.7. The molecule has 0 aromatic heterocycles. The number of hydrogen-bond acceptors (Lipinski definition) is 3. The lowest BCUT2D eigenvalue weighted by molar-refractivity contribution is -0.128. The van der Waals surface area contributed by atoms with Gasteiger partial charge in [0.15, 0.2) is 0 Å². The van der Waals surface area contributed by atoms with Crippen molar-refractivity contribution in [2.45, 2.75) is 24.5 Å². The summed E-state index contributed by atoms with van der Waals surface area (Å²) in [6.45, 7) is 0. The van der Waals surface area contributed by atoms with Gasteiger partial charge < -0.3 is 15.7 Å². The number of nitrogen functional groups attached to an aromatic ring is 1. The molecule has 4 heteroatoms. The molecule has 1 heterocycles. The Hall–Kier alpha value is -2.77. The molecule has 2 aromatic rings. The average molecular weight is 320 g/mol.